The van der Waals surface area contributed by atoms with E-state index in [1.54, 1.807) is 29.7 Å². The summed E-state index contributed by atoms with van der Waals surface area (Å²) in [6.07, 6.45) is 5.43. The predicted molar refractivity (Wildman–Crippen MR) is 87.9 cm³/mol. The molecule has 4 heterocycles. The zero-order valence-corrected chi connectivity index (χ0v) is 13.3. The molecule has 22 heavy (non-hydrogen) atoms. The molecule has 1 aliphatic heterocycles. The second-order valence-corrected chi connectivity index (χ2v) is 7.19. The van der Waals surface area contributed by atoms with Gasteiger partial charge in [-0.05, 0) is 24.3 Å². The van der Waals surface area contributed by atoms with Crippen molar-refractivity contribution in [2.75, 3.05) is 5.75 Å². The number of rotatable bonds is 4. The highest BCUT2D eigenvalue weighted by Crippen LogP contribution is 2.36. The fourth-order valence-corrected chi connectivity index (χ4v) is 4.48. The number of hydrogen-bond donors (Lipinski definition) is 0. The quantitative estimate of drug-likeness (QED) is 0.687. The molecule has 1 aliphatic rings. The van der Waals surface area contributed by atoms with Crippen molar-refractivity contribution < 1.29 is 0 Å². The Morgan fingerprint density at radius 2 is 2.18 bits per heavy atom. The third kappa shape index (κ3) is 2.74. The number of pyridine rings is 2. The van der Waals surface area contributed by atoms with Crippen molar-refractivity contribution in [2.45, 2.75) is 22.0 Å². The van der Waals surface area contributed by atoms with E-state index < -0.39 is 0 Å². The van der Waals surface area contributed by atoms with Crippen LogP contribution in [-0.2, 0) is 6.54 Å². The van der Waals surface area contributed by atoms with E-state index in [-0.39, 0.29) is 0 Å². The molecule has 110 valence electrons. The van der Waals surface area contributed by atoms with Crippen LogP contribution in [0.4, 0.5) is 0 Å². The predicted octanol–water partition coefficient (Wildman–Crippen LogP) is 3.00. The van der Waals surface area contributed by atoms with Gasteiger partial charge in [0.25, 0.3) is 0 Å². The maximum Gasteiger partial charge on any atom is 0.191 e. The van der Waals surface area contributed by atoms with Crippen LogP contribution >= 0.6 is 23.5 Å². The average Bonchev–Trinajstić information content (AvgIpc) is 3.15. The van der Waals surface area contributed by atoms with Crippen LogP contribution in [0.25, 0.3) is 11.4 Å². The van der Waals surface area contributed by atoms with Gasteiger partial charge in [-0.1, -0.05) is 17.8 Å². The molecule has 0 spiro atoms. The Hall–Kier alpha value is -1.86. The van der Waals surface area contributed by atoms with E-state index in [0.29, 0.717) is 5.25 Å². The van der Waals surface area contributed by atoms with E-state index in [4.69, 9.17) is 0 Å². The standard InChI is InChI=1S/C15H13N5S2/c1-2-7-17-13(5-1)21-10-12-9-20-14(18-19-15(20)22-12)11-4-3-6-16-8-11/h1-8,12H,9-10H2/t12-/m1/s1. The van der Waals surface area contributed by atoms with E-state index >= 15 is 0 Å². The Labute approximate surface area is 136 Å². The highest BCUT2D eigenvalue weighted by molar-refractivity contribution is 8.03. The third-order valence-corrected chi connectivity index (χ3v) is 5.83. The molecule has 0 fully saturated rings. The lowest BCUT2D eigenvalue weighted by molar-refractivity contribution is 0.678. The molecule has 0 amide bonds. The van der Waals surface area contributed by atoms with Crippen LogP contribution in [0.2, 0.25) is 0 Å². The first-order valence-corrected chi connectivity index (χ1v) is 8.81. The normalized spacial score (nSPS) is 16.6. The Balaban J connectivity index is 1.46. The zero-order valence-electron chi connectivity index (χ0n) is 11.7. The highest BCUT2D eigenvalue weighted by Gasteiger charge is 2.27. The smallest absolute Gasteiger partial charge is 0.191 e. The molecule has 0 bridgehead atoms. The van der Waals surface area contributed by atoms with Crippen LogP contribution in [0.5, 0.6) is 0 Å². The van der Waals surface area contributed by atoms with Crippen molar-refractivity contribution in [1.29, 1.82) is 0 Å². The summed E-state index contributed by atoms with van der Waals surface area (Å²) in [5.41, 5.74) is 1.01. The first kappa shape index (κ1) is 13.8. The second-order valence-electron chi connectivity index (χ2n) is 4.88. The Morgan fingerprint density at radius 3 is 3.00 bits per heavy atom. The van der Waals surface area contributed by atoms with Gasteiger partial charge in [0.15, 0.2) is 11.0 Å². The fraction of sp³-hybridized carbons (Fsp3) is 0.200. The third-order valence-electron chi connectivity index (χ3n) is 3.35. The summed E-state index contributed by atoms with van der Waals surface area (Å²) < 4.78 is 2.19. The monoisotopic (exact) mass is 327 g/mol. The lowest BCUT2D eigenvalue weighted by Crippen LogP contribution is -2.09. The average molecular weight is 327 g/mol. The van der Waals surface area contributed by atoms with E-state index in [9.17, 15) is 0 Å². The summed E-state index contributed by atoms with van der Waals surface area (Å²) >= 11 is 3.58. The van der Waals surface area contributed by atoms with Crippen LogP contribution < -0.4 is 0 Å². The SMILES string of the molecule is c1ccc(SC[C@H]2Cn3c(nnc3-c3cccnc3)S2)nc1. The molecular formula is C15H13N5S2. The molecule has 0 saturated carbocycles. The van der Waals surface area contributed by atoms with Crippen LogP contribution in [0.15, 0.2) is 59.1 Å². The van der Waals surface area contributed by atoms with Gasteiger partial charge in [0, 0.05) is 41.7 Å². The molecule has 3 aromatic heterocycles. The van der Waals surface area contributed by atoms with Crippen molar-refractivity contribution >= 4 is 23.5 Å². The van der Waals surface area contributed by atoms with Gasteiger partial charge in [-0.25, -0.2) is 4.98 Å². The number of aromatic nitrogens is 5. The second kappa shape index (κ2) is 6.10. The van der Waals surface area contributed by atoms with Crippen molar-refractivity contribution in [3.05, 3.63) is 48.9 Å². The van der Waals surface area contributed by atoms with Crippen LogP contribution in [0, 0.1) is 0 Å². The number of thioether (sulfide) groups is 2. The summed E-state index contributed by atoms with van der Waals surface area (Å²) in [4.78, 5) is 8.51. The van der Waals surface area contributed by atoms with E-state index in [0.717, 1.165) is 33.9 Å². The van der Waals surface area contributed by atoms with Gasteiger partial charge in [-0.3, -0.25) is 4.98 Å². The van der Waals surface area contributed by atoms with Crippen molar-refractivity contribution in [3.63, 3.8) is 0 Å². The number of nitrogens with zero attached hydrogens (tertiary/aromatic N) is 5. The van der Waals surface area contributed by atoms with Crippen LogP contribution in [-0.4, -0.2) is 35.7 Å². The van der Waals surface area contributed by atoms with Gasteiger partial charge in [0.2, 0.25) is 0 Å². The van der Waals surface area contributed by atoms with E-state index in [1.807, 2.05) is 42.7 Å². The van der Waals surface area contributed by atoms with Gasteiger partial charge in [-0.2, -0.15) is 0 Å². The molecule has 7 heteroatoms. The van der Waals surface area contributed by atoms with Crippen molar-refractivity contribution in [3.8, 4) is 11.4 Å². The lowest BCUT2D eigenvalue weighted by atomic mass is 10.2. The number of hydrogen-bond acceptors (Lipinski definition) is 6. The highest BCUT2D eigenvalue weighted by atomic mass is 32.2. The van der Waals surface area contributed by atoms with Gasteiger partial charge in [-0.15, -0.1) is 22.0 Å². The minimum Gasteiger partial charge on any atom is -0.301 e. The van der Waals surface area contributed by atoms with Crippen molar-refractivity contribution in [1.82, 2.24) is 24.7 Å². The minimum atomic E-state index is 0.493. The molecule has 3 aromatic rings. The Morgan fingerprint density at radius 1 is 1.18 bits per heavy atom. The molecule has 4 rings (SSSR count). The van der Waals surface area contributed by atoms with E-state index in [1.165, 1.54) is 0 Å². The Kier molecular flexibility index (Phi) is 3.82. The van der Waals surface area contributed by atoms with Gasteiger partial charge in [0.1, 0.15) is 0 Å². The first-order valence-electron chi connectivity index (χ1n) is 6.94. The molecule has 0 saturated heterocycles. The summed E-state index contributed by atoms with van der Waals surface area (Å²) in [5, 5.41) is 11.1. The first-order chi connectivity index (χ1) is 10.9. The van der Waals surface area contributed by atoms with E-state index in [2.05, 4.69) is 24.7 Å². The van der Waals surface area contributed by atoms with Crippen molar-refractivity contribution in [2.24, 2.45) is 0 Å². The molecule has 0 N–H and O–H groups in total. The largest absolute Gasteiger partial charge is 0.301 e. The molecule has 0 radical (unpaired) electrons. The maximum atomic E-state index is 4.35. The summed E-state index contributed by atoms with van der Waals surface area (Å²) in [6.45, 7) is 0.928. The van der Waals surface area contributed by atoms with Gasteiger partial charge < -0.3 is 4.57 Å². The Bertz CT molecular complexity index is 760. The fourth-order valence-electron chi connectivity index (χ4n) is 2.34. The molecule has 1 atom stereocenters. The maximum absolute atomic E-state index is 4.35. The van der Waals surface area contributed by atoms with Crippen LogP contribution in [0.3, 0.4) is 0 Å². The number of fused-ring (bicyclic) bond motifs is 1. The molecular weight excluding hydrogens is 314 g/mol. The molecule has 0 unspecified atom stereocenters. The topological polar surface area (TPSA) is 56.5 Å². The van der Waals surface area contributed by atoms with Gasteiger partial charge in [0.05, 0.1) is 5.03 Å². The summed E-state index contributed by atoms with van der Waals surface area (Å²) in [5.74, 6) is 1.92. The molecule has 0 aromatic carbocycles. The molecule has 5 nitrogen and oxygen atoms in total. The lowest BCUT2D eigenvalue weighted by Gasteiger charge is -2.08. The minimum absolute atomic E-state index is 0.493. The summed E-state index contributed by atoms with van der Waals surface area (Å²) in [6, 6.07) is 9.95. The van der Waals surface area contributed by atoms with Crippen LogP contribution in [0.1, 0.15) is 0 Å². The zero-order chi connectivity index (χ0) is 14.8. The van der Waals surface area contributed by atoms with Gasteiger partial charge >= 0.3 is 0 Å². The molecule has 0 aliphatic carbocycles. The summed E-state index contributed by atoms with van der Waals surface area (Å²) in [7, 11) is 0.